The summed E-state index contributed by atoms with van der Waals surface area (Å²) in [5.74, 6) is 0. The van der Waals surface area contributed by atoms with E-state index in [9.17, 15) is 0 Å². The third kappa shape index (κ3) is 3.92. The summed E-state index contributed by atoms with van der Waals surface area (Å²) in [4.78, 5) is 0. The first-order valence-corrected chi connectivity index (χ1v) is 5.55. The molecule has 1 unspecified atom stereocenters. The Labute approximate surface area is 97.0 Å². The van der Waals surface area contributed by atoms with Gasteiger partial charge in [0, 0.05) is 18.8 Å². The van der Waals surface area contributed by atoms with E-state index in [1.165, 1.54) is 0 Å². The van der Waals surface area contributed by atoms with E-state index in [1.807, 2.05) is 24.3 Å². The molecule has 0 spiro atoms. The summed E-state index contributed by atoms with van der Waals surface area (Å²) in [5, 5.41) is 12.1. The molecule has 0 bridgehead atoms. The van der Waals surface area contributed by atoms with Gasteiger partial charge in [-0.25, -0.2) is 0 Å². The lowest BCUT2D eigenvalue weighted by molar-refractivity contribution is 0.182. The van der Waals surface area contributed by atoms with Crippen molar-refractivity contribution in [1.29, 1.82) is 5.26 Å². The van der Waals surface area contributed by atoms with Crippen molar-refractivity contribution in [1.82, 2.24) is 0 Å². The maximum atomic E-state index is 8.69. The van der Waals surface area contributed by atoms with Gasteiger partial charge in [0.1, 0.15) is 0 Å². The molecule has 0 saturated heterocycles. The van der Waals surface area contributed by atoms with Gasteiger partial charge in [-0.05, 0) is 30.7 Å². The van der Waals surface area contributed by atoms with Gasteiger partial charge >= 0.3 is 0 Å². The Balaban J connectivity index is 2.59. The Bertz CT molecular complexity index is 334. The zero-order chi connectivity index (χ0) is 11.8. The number of rotatable bonds is 6. The number of nitrogens with one attached hydrogen (secondary N) is 1. The van der Waals surface area contributed by atoms with Crippen LogP contribution in [0.3, 0.4) is 0 Å². The molecule has 0 radical (unpaired) electrons. The van der Waals surface area contributed by atoms with Crippen LogP contribution in [0.15, 0.2) is 24.3 Å². The van der Waals surface area contributed by atoms with Gasteiger partial charge < -0.3 is 10.1 Å². The van der Waals surface area contributed by atoms with E-state index in [0.29, 0.717) is 18.2 Å². The molecule has 1 aromatic carbocycles. The lowest BCUT2D eigenvalue weighted by Gasteiger charge is -2.18. The quantitative estimate of drug-likeness (QED) is 0.798. The van der Waals surface area contributed by atoms with E-state index in [2.05, 4.69) is 18.3 Å². The van der Waals surface area contributed by atoms with Crippen LogP contribution in [-0.4, -0.2) is 19.8 Å². The van der Waals surface area contributed by atoms with E-state index in [0.717, 1.165) is 18.5 Å². The van der Waals surface area contributed by atoms with Crippen LogP contribution in [0.4, 0.5) is 5.69 Å². The van der Waals surface area contributed by atoms with Crippen molar-refractivity contribution >= 4 is 5.69 Å². The second kappa shape index (κ2) is 6.86. The van der Waals surface area contributed by atoms with Gasteiger partial charge in [-0.1, -0.05) is 13.3 Å². The van der Waals surface area contributed by atoms with E-state index in [-0.39, 0.29) is 0 Å². The molecule has 3 nitrogen and oxygen atoms in total. The molecule has 0 heterocycles. The summed E-state index contributed by atoms with van der Waals surface area (Å²) in [7, 11) is 1.71. The molecule has 0 amide bonds. The van der Waals surface area contributed by atoms with Crippen LogP contribution < -0.4 is 5.32 Å². The first-order valence-electron chi connectivity index (χ1n) is 5.55. The summed E-state index contributed by atoms with van der Waals surface area (Å²) in [6.07, 6.45) is 2.20. The topological polar surface area (TPSA) is 45.0 Å². The Morgan fingerprint density at radius 1 is 1.38 bits per heavy atom. The molecular formula is C13H18N2O. The summed E-state index contributed by atoms with van der Waals surface area (Å²) >= 11 is 0. The minimum absolute atomic E-state index is 0.336. The highest BCUT2D eigenvalue weighted by molar-refractivity contribution is 5.47. The SMILES string of the molecule is CCCC(COC)Nc1ccc(C#N)cc1. The molecule has 3 heteroatoms. The molecule has 1 aromatic rings. The molecule has 0 fully saturated rings. The van der Waals surface area contributed by atoms with Crippen LogP contribution in [0, 0.1) is 11.3 Å². The van der Waals surface area contributed by atoms with E-state index >= 15 is 0 Å². The van der Waals surface area contributed by atoms with Gasteiger partial charge in [0.15, 0.2) is 0 Å². The third-order valence-electron chi connectivity index (χ3n) is 2.39. The number of benzene rings is 1. The molecule has 1 atom stereocenters. The van der Waals surface area contributed by atoms with Gasteiger partial charge in [0.2, 0.25) is 0 Å². The number of hydrogen-bond acceptors (Lipinski definition) is 3. The van der Waals surface area contributed by atoms with Gasteiger partial charge in [-0.15, -0.1) is 0 Å². The molecule has 16 heavy (non-hydrogen) atoms. The molecule has 0 aliphatic heterocycles. The fourth-order valence-corrected chi connectivity index (χ4v) is 1.62. The number of anilines is 1. The molecule has 0 saturated carbocycles. The maximum absolute atomic E-state index is 8.69. The van der Waals surface area contributed by atoms with E-state index < -0.39 is 0 Å². The average molecular weight is 218 g/mol. The van der Waals surface area contributed by atoms with Crippen LogP contribution in [0.1, 0.15) is 25.3 Å². The largest absolute Gasteiger partial charge is 0.383 e. The number of nitriles is 1. The zero-order valence-corrected chi connectivity index (χ0v) is 9.86. The van der Waals surface area contributed by atoms with Crippen LogP contribution >= 0.6 is 0 Å². The van der Waals surface area contributed by atoms with Crippen LogP contribution in [0.25, 0.3) is 0 Å². The second-order valence-corrected chi connectivity index (χ2v) is 3.77. The van der Waals surface area contributed by atoms with Gasteiger partial charge in [-0.2, -0.15) is 5.26 Å². The predicted molar refractivity (Wildman–Crippen MR) is 65.4 cm³/mol. The first kappa shape index (κ1) is 12.5. The number of ether oxygens (including phenoxy) is 1. The molecule has 0 aromatic heterocycles. The molecule has 1 rings (SSSR count). The second-order valence-electron chi connectivity index (χ2n) is 3.77. The van der Waals surface area contributed by atoms with Crippen molar-refractivity contribution in [3.05, 3.63) is 29.8 Å². The Hall–Kier alpha value is -1.53. The summed E-state index contributed by atoms with van der Waals surface area (Å²) in [5.41, 5.74) is 1.72. The number of hydrogen-bond donors (Lipinski definition) is 1. The van der Waals surface area contributed by atoms with Crippen molar-refractivity contribution in [2.24, 2.45) is 0 Å². The van der Waals surface area contributed by atoms with E-state index in [4.69, 9.17) is 10.00 Å². The molecular weight excluding hydrogens is 200 g/mol. The molecule has 0 aliphatic rings. The molecule has 0 aliphatic carbocycles. The Morgan fingerprint density at radius 3 is 2.56 bits per heavy atom. The maximum Gasteiger partial charge on any atom is 0.0991 e. The van der Waals surface area contributed by atoms with Crippen molar-refractivity contribution in [3.8, 4) is 6.07 Å². The summed E-state index contributed by atoms with van der Waals surface area (Å²) in [6.45, 7) is 2.86. The minimum Gasteiger partial charge on any atom is -0.383 e. The van der Waals surface area contributed by atoms with Crippen molar-refractivity contribution in [3.63, 3.8) is 0 Å². The fourth-order valence-electron chi connectivity index (χ4n) is 1.62. The summed E-state index contributed by atoms with van der Waals surface area (Å²) < 4.78 is 5.16. The monoisotopic (exact) mass is 218 g/mol. The van der Waals surface area contributed by atoms with Crippen LogP contribution in [0.5, 0.6) is 0 Å². The van der Waals surface area contributed by atoms with Crippen molar-refractivity contribution < 1.29 is 4.74 Å². The average Bonchev–Trinajstić information content (AvgIpc) is 2.31. The van der Waals surface area contributed by atoms with Crippen LogP contribution in [-0.2, 0) is 4.74 Å². The Kier molecular flexibility index (Phi) is 5.38. The zero-order valence-electron chi connectivity index (χ0n) is 9.86. The van der Waals surface area contributed by atoms with Crippen molar-refractivity contribution in [2.45, 2.75) is 25.8 Å². The van der Waals surface area contributed by atoms with Crippen molar-refractivity contribution in [2.75, 3.05) is 19.0 Å². The normalized spacial score (nSPS) is 11.8. The van der Waals surface area contributed by atoms with Gasteiger partial charge in [-0.3, -0.25) is 0 Å². The minimum atomic E-state index is 0.336. The highest BCUT2D eigenvalue weighted by atomic mass is 16.5. The fraction of sp³-hybridized carbons (Fsp3) is 0.462. The Morgan fingerprint density at radius 2 is 2.06 bits per heavy atom. The number of methoxy groups -OCH3 is 1. The highest BCUT2D eigenvalue weighted by Crippen LogP contribution is 2.12. The van der Waals surface area contributed by atoms with Crippen LogP contribution in [0.2, 0.25) is 0 Å². The van der Waals surface area contributed by atoms with Gasteiger partial charge in [0.25, 0.3) is 0 Å². The van der Waals surface area contributed by atoms with E-state index in [1.54, 1.807) is 7.11 Å². The highest BCUT2D eigenvalue weighted by Gasteiger charge is 2.06. The molecule has 86 valence electrons. The smallest absolute Gasteiger partial charge is 0.0991 e. The predicted octanol–water partition coefficient (Wildman–Crippen LogP) is 2.79. The third-order valence-corrected chi connectivity index (χ3v) is 2.39. The summed E-state index contributed by atoms with van der Waals surface area (Å²) in [6, 6.07) is 9.93. The van der Waals surface area contributed by atoms with Gasteiger partial charge in [0.05, 0.1) is 18.2 Å². The lowest BCUT2D eigenvalue weighted by Crippen LogP contribution is -2.24. The first-order chi connectivity index (χ1) is 7.80. The molecule has 1 N–H and O–H groups in total. The number of nitrogens with zero attached hydrogens (tertiary/aromatic N) is 1. The standard InChI is InChI=1S/C13H18N2O/c1-3-4-13(10-16-2)15-12-7-5-11(9-14)6-8-12/h5-8,13,15H,3-4,10H2,1-2H3. The lowest BCUT2D eigenvalue weighted by atomic mass is 10.1.